The second-order valence-electron chi connectivity index (χ2n) is 5.12. The number of carbonyl (C=O) groups excluding carboxylic acids is 2. The zero-order valence-electron chi connectivity index (χ0n) is 13.7. The first kappa shape index (κ1) is 18.0. The molecular formula is C18H18N2O5. The van der Waals surface area contributed by atoms with Crippen molar-refractivity contribution in [2.45, 2.75) is 13.2 Å². The third-order valence-electron chi connectivity index (χ3n) is 3.43. The summed E-state index contributed by atoms with van der Waals surface area (Å²) in [6.07, 6.45) is 2.71. The Kier molecular flexibility index (Phi) is 5.73. The molecule has 1 aromatic carbocycles. The lowest BCUT2D eigenvalue weighted by Crippen LogP contribution is -2.29. The molecule has 7 heteroatoms. The number of hydrogen-bond donors (Lipinski definition) is 1. The quantitative estimate of drug-likeness (QED) is 0.607. The number of ether oxygens (including phenoxy) is 2. The van der Waals surface area contributed by atoms with Gasteiger partial charge in [0.1, 0.15) is 12.2 Å². The maximum absolute atomic E-state index is 12.6. The van der Waals surface area contributed by atoms with Gasteiger partial charge in [-0.15, -0.1) is 6.58 Å². The average molecular weight is 342 g/mol. The molecule has 2 aromatic rings. The van der Waals surface area contributed by atoms with E-state index in [0.717, 1.165) is 5.56 Å². The number of primary amides is 1. The van der Waals surface area contributed by atoms with E-state index in [4.69, 9.17) is 15.2 Å². The van der Waals surface area contributed by atoms with Gasteiger partial charge < -0.3 is 19.8 Å². The number of aromatic nitrogens is 1. The Morgan fingerprint density at radius 1 is 1.28 bits per heavy atom. The van der Waals surface area contributed by atoms with Crippen LogP contribution in [0.2, 0.25) is 0 Å². The molecule has 7 nitrogen and oxygen atoms in total. The van der Waals surface area contributed by atoms with Gasteiger partial charge in [-0.3, -0.25) is 9.59 Å². The highest BCUT2D eigenvalue weighted by atomic mass is 16.5. The van der Waals surface area contributed by atoms with Gasteiger partial charge in [0.25, 0.3) is 5.91 Å². The van der Waals surface area contributed by atoms with E-state index in [1.54, 1.807) is 12.1 Å². The summed E-state index contributed by atoms with van der Waals surface area (Å²) in [5, 5.41) is 0. The maximum atomic E-state index is 12.6. The summed E-state index contributed by atoms with van der Waals surface area (Å²) in [7, 11) is 1.19. The summed E-state index contributed by atoms with van der Waals surface area (Å²) >= 11 is 0. The fourth-order valence-corrected chi connectivity index (χ4v) is 2.27. The van der Waals surface area contributed by atoms with Crippen molar-refractivity contribution in [3.05, 3.63) is 76.2 Å². The first-order valence-corrected chi connectivity index (χ1v) is 7.42. The van der Waals surface area contributed by atoms with Gasteiger partial charge in [-0.1, -0.05) is 36.4 Å². The van der Waals surface area contributed by atoms with Crippen molar-refractivity contribution >= 4 is 11.9 Å². The third kappa shape index (κ3) is 3.95. The Bertz CT molecular complexity index is 856. The zero-order chi connectivity index (χ0) is 18.4. The first-order chi connectivity index (χ1) is 12.0. The zero-order valence-corrected chi connectivity index (χ0v) is 13.7. The van der Waals surface area contributed by atoms with E-state index in [-0.39, 0.29) is 30.2 Å². The maximum Gasteiger partial charge on any atom is 0.358 e. The van der Waals surface area contributed by atoms with E-state index < -0.39 is 17.3 Å². The van der Waals surface area contributed by atoms with Crippen LogP contribution in [0.5, 0.6) is 5.75 Å². The third-order valence-corrected chi connectivity index (χ3v) is 3.43. The van der Waals surface area contributed by atoms with Gasteiger partial charge in [0.05, 0.1) is 7.11 Å². The Morgan fingerprint density at radius 3 is 2.52 bits per heavy atom. The average Bonchev–Trinajstić information content (AvgIpc) is 2.61. The summed E-state index contributed by atoms with van der Waals surface area (Å²) in [6.45, 7) is 3.79. The van der Waals surface area contributed by atoms with E-state index in [2.05, 4.69) is 6.58 Å². The Morgan fingerprint density at radius 2 is 1.96 bits per heavy atom. The number of benzene rings is 1. The van der Waals surface area contributed by atoms with E-state index in [1.165, 1.54) is 23.9 Å². The molecular weight excluding hydrogens is 324 g/mol. The van der Waals surface area contributed by atoms with Gasteiger partial charge in [-0.2, -0.15) is 0 Å². The minimum Gasteiger partial charge on any atom is -0.482 e. The van der Waals surface area contributed by atoms with Crippen LogP contribution >= 0.6 is 0 Å². The molecule has 2 N–H and O–H groups in total. The minimum atomic E-state index is -0.913. The highest BCUT2D eigenvalue weighted by Crippen LogP contribution is 2.18. The highest BCUT2D eigenvalue weighted by molar-refractivity contribution is 5.96. The predicted octanol–water partition coefficient (Wildman–Crippen LogP) is 1.50. The molecule has 0 aliphatic carbocycles. The number of hydrogen-bond acceptors (Lipinski definition) is 5. The van der Waals surface area contributed by atoms with Crippen LogP contribution in [-0.4, -0.2) is 23.6 Å². The van der Waals surface area contributed by atoms with Crippen molar-refractivity contribution in [3.63, 3.8) is 0 Å². The summed E-state index contributed by atoms with van der Waals surface area (Å²) < 4.78 is 11.7. The van der Waals surface area contributed by atoms with Crippen LogP contribution in [0.4, 0.5) is 0 Å². The van der Waals surface area contributed by atoms with Crippen molar-refractivity contribution in [3.8, 4) is 5.75 Å². The number of nitrogens with zero attached hydrogens (tertiary/aromatic N) is 1. The normalized spacial score (nSPS) is 10.1. The molecule has 25 heavy (non-hydrogen) atoms. The highest BCUT2D eigenvalue weighted by Gasteiger charge is 2.25. The summed E-state index contributed by atoms with van der Waals surface area (Å²) in [5.41, 5.74) is 4.91. The van der Waals surface area contributed by atoms with Crippen LogP contribution in [0.15, 0.2) is 54.0 Å². The molecule has 2 rings (SSSR count). The molecule has 0 aliphatic heterocycles. The SMILES string of the molecule is C=CCn1cc(C(N)=O)c(=O)c(OCc2ccccc2)c1C(=O)OC. The summed E-state index contributed by atoms with van der Waals surface area (Å²) in [5.74, 6) is -1.96. The number of nitrogens with two attached hydrogens (primary N) is 1. The van der Waals surface area contributed by atoms with Crippen molar-refractivity contribution in [1.29, 1.82) is 0 Å². The van der Waals surface area contributed by atoms with Gasteiger partial charge in [-0.05, 0) is 5.56 Å². The first-order valence-electron chi connectivity index (χ1n) is 7.42. The van der Waals surface area contributed by atoms with Crippen LogP contribution in [0.25, 0.3) is 0 Å². The summed E-state index contributed by atoms with van der Waals surface area (Å²) in [6, 6.07) is 9.08. The van der Waals surface area contributed by atoms with Gasteiger partial charge in [0.2, 0.25) is 5.43 Å². The molecule has 0 fully saturated rings. The molecule has 0 radical (unpaired) electrons. The molecule has 130 valence electrons. The second kappa shape index (κ2) is 7.96. The largest absolute Gasteiger partial charge is 0.482 e. The monoisotopic (exact) mass is 342 g/mol. The fraction of sp³-hybridized carbons (Fsp3) is 0.167. The van der Waals surface area contributed by atoms with Crippen LogP contribution in [0, 0.1) is 0 Å². The lowest BCUT2D eigenvalue weighted by atomic mass is 10.2. The number of methoxy groups -OCH3 is 1. The Hall–Kier alpha value is -3.35. The molecule has 0 bridgehead atoms. The number of carbonyl (C=O) groups is 2. The Labute approximate surface area is 144 Å². The number of rotatable bonds is 7. The summed E-state index contributed by atoms with van der Waals surface area (Å²) in [4.78, 5) is 36.3. The molecule has 0 unspecified atom stereocenters. The van der Waals surface area contributed by atoms with Crippen molar-refractivity contribution in [2.75, 3.05) is 7.11 Å². The fourth-order valence-electron chi connectivity index (χ4n) is 2.27. The lowest BCUT2D eigenvalue weighted by molar-refractivity contribution is 0.0580. The van der Waals surface area contributed by atoms with Crippen molar-refractivity contribution < 1.29 is 19.1 Å². The number of amides is 1. The topological polar surface area (TPSA) is 101 Å². The second-order valence-corrected chi connectivity index (χ2v) is 5.12. The molecule has 1 amide bonds. The Balaban J connectivity index is 2.59. The predicted molar refractivity (Wildman–Crippen MR) is 91.5 cm³/mol. The van der Waals surface area contributed by atoms with Crippen LogP contribution < -0.4 is 15.9 Å². The van der Waals surface area contributed by atoms with Gasteiger partial charge >= 0.3 is 5.97 Å². The molecule has 0 spiro atoms. The molecule has 0 aliphatic rings. The number of allylic oxidation sites excluding steroid dienone is 1. The molecule has 0 saturated heterocycles. The number of pyridine rings is 1. The van der Waals surface area contributed by atoms with E-state index >= 15 is 0 Å². The van der Waals surface area contributed by atoms with Gasteiger partial charge in [0.15, 0.2) is 11.4 Å². The van der Waals surface area contributed by atoms with Gasteiger partial charge in [0, 0.05) is 12.7 Å². The molecule has 1 heterocycles. The van der Waals surface area contributed by atoms with Gasteiger partial charge in [-0.25, -0.2) is 4.79 Å². The number of esters is 1. The lowest BCUT2D eigenvalue weighted by Gasteiger charge is -2.16. The van der Waals surface area contributed by atoms with Crippen LogP contribution in [0.3, 0.4) is 0 Å². The molecule has 0 saturated carbocycles. The molecule has 0 atom stereocenters. The van der Waals surface area contributed by atoms with Crippen molar-refractivity contribution in [1.82, 2.24) is 4.57 Å². The standard InChI is InChI=1S/C18H18N2O5/c1-3-9-20-10-13(17(19)22)15(21)16(14(20)18(23)24-2)25-11-12-7-5-4-6-8-12/h3-8,10H,1,9,11H2,2H3,(H2,19,22). The van der Waals surface area contributed by atoms with Crippen LogP contribution in [0.1, 0.15) is 26.4 Å². The van der Waals surface area contributed by atoms with E-state index in [1.807, 2.05) is 18.2 Å². The smallest absolute Gasteiger partial charge is 0.358 e. The molecule has 1 aromatic heterocycles. The minimum absolute atomic E-state index is 0.0381. The van der Waals surface area contributed by atoms with Crippen LogP contribution in [-0.2, 0) is 17.9 Å². The van der Waals surface area contributed by atoms with Crippen molar-refractivity contribution in [2.24, 2.45) is 5.73 Å². The van der Waals surface area contributed by atoms with E-state index in [0.29, 0.717) is 0 Å². The van der Waals surface area contributed by atoms with E-state index in [9.17, 15) is 14.4 Å².